The minimum atomic E-state index is -4.55. The first kappa shape index (κ1) is 85.7. The number of rotatable bonds is 12. The summed E-state index contributed by atoms with van der Waals surface area (Å²) in [7, 11) is 6.19. The lowest BCUT2D eigenvalue weighted by atomic mass is 9.98. The molecule has 16 rings (SSSR count). The lowest BCUT2D eigenvalue weighted by Crippen LogP contribution is -2.48. The molecule has 123 heavy (non-hydrogen) atoms. The molecular formula is C95H96F5N19O4. The number of hydrogen-bond donors (Lipinski definition) is 7. The van der Waals surface area contributed by atoms with Gasteiger partial charge in [0, 0.05) is 201 Å². The summed E-state index contributed by atoms with van der Waals surface area (Å²) >= 11 is 0. The number of nitrogen functional groups attached to an aromatic ring is 3. The number of piperazine rings is 3. The largest absolute Gasteiger partial charge is 0.416 e. The molecule has 0 spiro atoms. The lowest BCUT2D eigenvalue weighted by molar-refractivity contribution is -0.138. The van der Waals surface area contributed by atoms with E-state index in [2.05, 4.69) is 127 Å². The third kappa shape index (κ3) is 21.2. The number of aromatic nitrogens is 6. The third-order valence-corrected chi connectivity index (χ3v) is 22.8. The Morgan fingerprint density at radius 1 is 0.520 bits per heavy atom. The summed E-state index contributed by atoms with van der Waals surface area (Å²) in [4.78, 5) is 83.1. The molecule has 0 radical (unpaired) electrons. The molecule has 4 saturated heterocycles. The van der Waals surface area contributed by atoms with Crippen LogP contribution in [-0.2, 0) is 24.1 Å². The molecule has 0 aliphatic carbocycles. The van der Waals surface area contributed by atoms with E-state index in [4.69, 9.17) is 17.2 Å². The maximum Gasteiger partial charge on any atom is 0.416 e. The number of halogens is 5. The molecule has 4 amide bonds. The summed E-state index contributed by atoms with van der Waals surface area (Å²) in [6.45, 7) is 20.4. The van der Waals surface area contributed by atoms with E-state index in [1.807, 2.05) is 68.9 Å². The number of pyridine rings is 3. The van der Waals surface area contributed by atoms with Gasteiger partial charge in [-0.2, -0.15) is 18.3 Å². The van der Waals surface area contributed by atoms with Crippen molar-refractivity contribution in [3.63, 3.8) is 0 Å². The Kier molecular flexibility index (Phi) is 26.4. The van der Waals surface area contributed by atoms with Gasteiger partial charge in [0.25, 0.3) is 17.7 Å². The number of nitrogens with one attached hydrogen (secondary N) is 4. The third-order valence-electron chi connectivity index (χ3n) is 22.8. The average molecular weight is 1660 g/mol. The Morgan fingerprint density at radius 2 is 1.07 bits per heavy atom. The average Bonchev–Trinajstić information content (AvgIpc) is 1.24. The second kappa shape index (κ2) is 37.9. The second-order valence-corrected chi connectivity index (χ2v) is 31.7. The van der Waals surface area contributed by atoms with E-state index in [0.29, 0.717) is 93.4 Å². The highest BCUT2D eigenvalue weighted by atomic mass is 19.4. The van der Waals surface area contributed by atoms with Crippen LogP contribution in [-0.4, -0.2) is 191 Å². The number of nitrogens with zero attached hydrogens (tertiary/aromatic N) is 12. The molecule has 9 heterocycles. The van der Waals surface area contributed by atoms with Crippen molar-refractivity contribution in [2.45, 2.75) is 59.8 Å². The van der Waals surface area contributed by atoms with Gasteiger partial charge in [-0.05, 0) is 192 Å². The number of piperidine rings is 1. The van der Waals surface area contributed by atoms with E-state index in [0.717, 1.165) is 134 Å². The number of H-pyrrole nitrogens is 1. The molecule has 7 aromatic carbocycles. The summed E-state index contributed by atoms with van der Waals surface area (Å²) in [6.07, 6.45) is 5.98. The van der Waals surface area contributed by atoms with Gasteiger partial charge in [0.2, 0.25) is 5.91 Å². The van der Waals surface area contributed by atoms with Crippen molar-refractivity contribution in [2.24, 2.45) is 5.92 Å². The zero-order chi connectivity index (χ0) is 86.8. The van der Waals surface area contributed by atoms with Crippen LogP contribution in [0.25, 0.3) is 32.4 Å². The van der Waals surface area contributed by atoms with Gasteiger partial charge in [0.1, 0.15) is 35.6 Å². The number of carbonyl (C=O) groups excluding carboxylic acids is 4. The molecule has 4 fully saturated rings. The fourth-order valence-electron chi connectivity index (χ4n) is 15.0. The summed E-state index contributed by atoms with van der Waals surface area (Å²) < 4.78 is 72.1. The van der Waals surface area contributed by atoms with Gasteiger partial charge in [0.05, 0.1) is 45.3 Å². The Labute approximate surface area is 710 Å². The zero-order valence-electron chi connectivity index (χ0n) is 69.6. The first-order valence-corrected chi connectivity index (χ1v) is 40.7. The molecular weight excluding hydrogens is 1570 g/mol. The lowest BCUT2D eigenvalue weighted by Gasteiger charge is -2.37. The van der Waals surface area contributed by atoms with E-state index in [9.17, 15) is 41.1 Å². The Hall–Kier alpha value is -13.7. The SMILES string of the molecule is Cc1ccc(C(=O)Nc2ccc(CN3CCN(C)CC3)c(C(F)(F)F)c2)cc1C#Cc1c(N)ncc2[nH]ccc12.Cc1ccc(C(=O)Nc2ccc(N3CCN(C)CC3)cc2N2CCC(C)CC2)cc1C#Cc1c(N)ncc2ccc(F)cc12.Cc1ccc(C(=O)Nc2ccn(CC(=O)N3CCN(C)CC3)n2)cc1C#Cc1c(F)ccc2cnc(N)cc12. The highest BCUT2D eigenvalue weighted by molar-refractivity contribution is 6.07. The van der Waals surface area contributed by atoms with Crippen LogP contribution in [0.3, 0.4) is 0 Å². The molecule has 5 aromatic heterocycles. The number of alkyl halides is 3. The fourth-order valence-corrected chi connectivity index (χ4v) is 15.0. The molecule has 0 atom stereocenters. The normalized spacial score (nSPS) is 14.8. The molecule has 28 heteroatoms. The molecule has 0 unspecified atom stereocenters. The fraction of sp³-hybridized carbons (Fsp3) is 0.284. The summed E-state index contributed by atoms with van der Waals surface area (Å²) in [5, 5.41) is 16.4. The predicted molar refractivity (Wildman–Crippen MR) is 475 cm³/mol. The van der Waals surface area contributed by atoms with Crippen LogP contribution in [0.1, 0.15) is 112 Å². The zero-order valence-corrected chi connectivity index (χ0v) is 69.6. The number of fused-ring (bicyclic) bond motifs is 3. The van der Waals surface area contributed by atoms with Gasteiger partial charge in [-0.3, -0.25) is 28.8 Å². The summed E-state index contributed by atoms with van der Waals surface area (Å²) in [6, 6.07) is 38.5. The first-order chi connectivity index (χ1) is 59.1. The van der Waals surface area contributed by atoms with Crippen molar-refractivity contribution in [1.82, 2.24) is 54.2 Å². The highest BCUT2D eigenvalue weighted by Gasteiger charge is 2.35. The van der Waals surface area contributed by atoms with Crippen LogP contribution in [0.4, 0.5) is 68.0 Å². The smallest absolute Gasteiger partial charge is 0.384 e. The number of amides is 4. The summed E-state index contributed by atoms with van der Waals surface area (Å²) in [5.74, 6) is 18.2. The Balaban J connectivity index is 0.000000151. The van der Waals surface area contributed by atoms with E-state index in [1.54, 1.807) is 97.7 Å². The standard InChI is InChI=1S/C36H39FN6O.C30H29F3N6O.C29H28FN7O2/c1-24-12-14-43(15-13-24)34-22-30(42-18-16-41(3)17-19-42)9-11-33(34)40-36(44)27-5-4-25(2)26(20-27)7-10-31-32-21-29(37)8-6-28(32)23-39-35(31)38;1-19-3-4-21(15-20(19)6-8-25-24-9-10-35-27(24)17-36-28(25)34)29(40)37-23-7-5-22(26(16-23)30(31,32)33)18-39-13-11-38(2)12-14-39;1-19-3-4-21(15-20(19)5-7-23-24-16-26(31)32-17-22(24)6-8-25(23)30)29(39)33-27-9-10-37(34-27)18-28(38)36-13-11-35(2)12-14-36/h4-6,8-9,11,20-24H,12-19H2,1-3H3,(H2,38,39)(H,40,44);3-5,7,9-10,15-17,35H,11-14,18H2,1-2H3,(H2,34,36)(H,37,40);3-4,6,8-10,15-17H,11-14,18H2,1-2H3,(H2,31,32)(H,33,34,39). The van der Waals surface area contributed by atoms with Gasteiger partial charge in [-0.15, -0.1) is 0 Å². The van der Waals surface area contributed by atoms with E-state index < -0.39 is 23.5 Å². The molecule has 4 aliphatic heterocycles. The molecule has 4 aliphatic rings. The Morgan fingerprint density at radius 3 is 1.68 bits per heavy atom. The van der Waals surface area contributed by atoms with Gasteiger partial charge in [0.15, 0.2) is 5.82 Å². The van der Waals surface area contributed by atoms with Crippen LogP contribution in [0, 0.1) is 73.8 Å². The van der Waals surface area contributed by atoms with Crippen LogP contribution < -0.4 is 43.0 Å². The van der Waals surface area contributed by atoms with E-state index in [1.165, 1.54) is 40.7 Å². The quantitative estimate of drug-likeness (QED) is 0.0442. The number of benzene rings is 7. The number of aryl methyl sites for hydroxylation is 3. The van der Waals surface area contributed by atoms with Gasteiger partial charge < -0.3 is 67.5 Å². The van der Waals surface area contributed by atoms with Crippen molar-refractivity contribution in [3.8, 4) is 35.5 Å². The highest BCUT2D eigenvalue weighted by Crippen LogP contribution is 2.38. The number of likely N-dealkylation sites (N-methyl/N-ethyl adjacent to an activating group) is 3. The maximum atomic E-state index is 14.6. The molecule has 10 N–H and O–H groups in total. The second-order valence-electron chi connectivity index (χ2n) is 31.7. The molecule has 630 valence electrons. The molecule has 0 bridgehead atoms. The summed E-state index contributed by atoms with van der Waals surface area (Å²) in [5.41, 5.74) is 28.3. The number of carbonyl (C=O) groups is 4. The van der Waals surface area contributed by atoms with Crippen molar-refractivity contribution < 1.29 is 41.1 Å². The minimum Gasteiger partial charge on any atom is -0.384 e. The first-order valence-electron chi connectivity index (χ1n) is 40.7. The van der Waals surface area contributed by atoms with Gasteiger partial charge >= 0.3 is 6.18 Å². The van der Waals surface area contributed by atoms with Crippen LogP contribution >= 0.6 is 0 Å². The number of aromatic amines is 1. The van der Waals surface area contributed by atoms with E-state index in [-0.39, 0.29) is 70.6 Å². The molecule has 12 aromatic rings. The van der Waals surface area contributed by atoms with Crippen molar-refractivity contribution in [3.05, 3.63) is 260 Å². The number of hydrogen-bond acceptors (Lipinski definition) is 17. The van der Waals surface area contributed by atoms with Crippen LogP contribution in [0.2, 0.25) is 0 Å². The maximum absolute atomic E-state index is 14.6. The van der Waals surface area contributed by atoms with Crippen molar-refractivity contribution in [1.29, 1.82) is 0 Å². The topological polar surface area (TPSA) is 277 Å². The molecule has 23 nitrogen and oxygen atoms in total. The van der Waals surface area contributed by atoms with Crippen LogP contribution in [0.15, 0.2) is 171 Å². The Bertz CT molecular complexity index is 6190. The van der Waals surface area contributed by atoms with Gasteiger partial charge in [-0.25, -0.2) is 23.7 Å². The van der Waals surface area contributed by atoms with Crippen LogP contribution in [0.5, 0.6) is 0 Å². The van der Waals surface area contributed by atoms with Gasteiger partial charge in [-0.1, -0.05) is 66.7 Å². The van der Waals surface area contributed by atoms with Crippen molar-refractivity contribution >= 4 is 102 Å². The van der Waals surface area contributed by atoms with E-state index >= 15 is 0 Å². The number of nitrogens with two attached hydrogens (primary N) is 3. The predicted octanol–water partition coefficient (Wildman–Crippen LogP) is 13.7. The minimum absolute atomic E-state index is 0.00703. The number of anilines is 8. The molecule has 0 saturated carbocycles. The van der Waals surface area contributed by atoms with Crippen molar-refractivity contribution in [2.75, 3.05) is 156 Å². The monoisotopic (exact) mass is 1660 g/mol.